The van der Waals surface area contributed by atoms with Gasteiger partial charge in [-0.25, -0.2) is 4.39 Å². The van der Waals surface area contributed by atoms with E-state index in [2.05, 4.69) is 26.3 Å². The zero-order valence-electron chi connectivity index (χ0n) is 9.61. The highest BCUT2D eigenvalue weighted by atomic mass is 79.9. The molecule has 1 aromatic carbocycles. The fraction of sp³-hybridized carbons (Fsp3) is 0.250. The molecule has 1 heterocycles. The molecule has 0 aliphatic rings. The zero-order valence-corrected chi connectivity index (χ0v) is 11.2. The van der Waals surface area contributed by atoms with Crippen LogP contribution in [0.3, 0.4) is 0 Å². The van der Waals surface area contributed by atoms with E-state index in [4.69, 9.17) is 0 Å². The maximum absolute atomic E-state index is 13.6. The largest absolute Gasteiger partial charge is 0.375 e. The van der Waals surface area contributed by atoms with Gasteiger partial charge in [-0.15, -0.1) is 0 Å². The molecule has 0 saturated carbocycles. The maximum atomic E-state index is 13.6. The molecule has 1 aromatic heterocycles. The number of rotatable bonds is 3. The molecular weight excluding hydrogens is 285 g/mol. The molecule has 0 fully saturated rings. The van der Waals surface area contributed by atoms with Crippen molar-refractivity contribution in [1.82, 2.24) is 9.78 Å². The van der Waals surface area contributed by atoms with Gasteiger partial charge in [0.25, 0.3) is 0 Å². The second-order valence-electron chi connectivity index (χ2n) is 3.91. The minimum atomic E-state index is -0.268. The van der Waals surface area contributed by atoms with Crippen LogP contribution in [0.2, 0.25) is 0 Å². The van der Waals surface area contributed by atoms with Gasteiger partial charge >= 0.3 is 0 Å². The third-order valence-corrected chi connectivity index (χ3v) is 3.21. The van der Waals surface area contributed by atoms with E-state index in [0.29, 0.717) is 10.2 Å². The van der Waals surface area contributed by atoms with Crippen LogP contribution in [0.4, 0.5) is 10.1 Å². The Morgan fingerprint density at radius 1 is 1.47 bits per heavy atom. The number of hydrogen-bond donors (Lipinski definition) is 1. The third-order valence-electron chi connectivity index (χ3n) is 2.55. The van der Waals surface area contributed by atoms with Crippen LogP contribution < -0.4 is 5.32 Å². The monoisotopic (exact) mass is 297 g/mol. The van der Waals surface area contributed by atoms with E-state index in [0.717, 1.165) is 5.56 Å². The zero-order chi connectivity index (χ0) is 12.4. The van der Waals surface area contributed by atoms with Gasteiger partial charge < -0.3 is 5.32 Å². The first-order chi connectivity index (χ1) is 8.08. The molecular formula is C12H13BrFN3. The molecule has 0 spiro atoms. The number of aryl methyl sites for hydroxylation is 1. The van der Waals surface area contributed by atoms with Crippen LogP contribution in [-0.2, 0) is 7.05 Å². The van der Waals surface area contributed by atoms with E-state index in [-0.39, 0.29) is 11.9 Å². The number of benzene rings is 1. The molecule has 5 heteroatoms. The van der Waals surface area contributed by atoms with Crippen molar-refractivity contribution >= 4 is 21.6 Å². The Balaban J connectivity index is 2.21. The van der Waals surface area contributed by atoms with Gasteiger partial charge in [0.1, 0.15) is 5.82 Å². The number of hydrogen-bond acceptors (Lipinski definition) is 2. The Hall–Kier alpha value is -1.36. The van der Waals surface area contributed by atoms with Gasteiger partial charge in [0.05, 0.1) is 17.9 Å². The average molecular weight is 298 g/mol. The van der Waals surface area contributed by atoms with Crippen molar-refractivity contribution in [3.63, 3.8) is 0 Å². The topological polar surface area (TPSA) is 29.9 Å². The van der Waals surface area contributed by atoms with Gasteiger partial charge in [-0.3, -0.25) is 4.68 Å². The molecule has 90 valence electrons. The maximum Gasteiger partial charge on any atom is 0.147 e. The summed E-state index contributed by atoms with van der Waals surface area (Å²) < 4.78 is 16.1. The smallest absolute Gasteiger partial charge is 0.147 e. The highest BCUT2D eigenvalue weighted by molar-refractivity contribution is 9.10. The van der Waals surface area contributed by atoms with Gasteiger partial charge in [-0.05, 0) is 35.0 Å². The Bertz CT molecular complexity index is 504. The van der Waals surface area contributed by atoms with Gasteiger partial charge in [0.2, 0.25) is 0 Å². The second kappa shape index (κ2) is 4.87. The number of nitrogens with one attached hydrogen (secondary N) is 1. The van der Waals surface area contributed by atoms with Crippen molar-refractivity contribution in [3.05, 3.63) is 46.4 Å². The Kier molecular flexibility index (Phi) is 3.47. The van der Waals surface area contributed by atoms with Crippen LogP contribution in [0, 0.1) is 5.82 Å². The molecule has 17 heavy (non-hydrogen) atoms. The molecule has 0 radical (unpaired) electrons. The van der Waals surface area contributed by atoms with Gasteiger partial charge in [-0.2, -0.15) is 5.10 Å². The quantitative estimate of drug-likeness (QED) is 0.940. The highest BCUT2D eigenvalue weighted by Gasteiger charge is 2.12. The number of nitrogens with zero attached hydrogens (tertiary/aromatic N) is 2. The van der Waals surface area contributed by atoms with Crippen molar-refractivity contribution in [1.29, 1.82) is 0 Å². The fourth-order valence-corrected chi connectivity index (χ4v) is 2.06. The first-order valence-electron chi connectivity index (χ1n) is 5.27. The summed E-state index contributed by atoms with van der Waals surface area (Å²) in [6, 6.07) is 4.90. The summed E-state index contributed by atoms with van der Waals surface area (Å²) in [5, 5.41) is 7.23. The van der Waals surface area contributed by atoms with Crippen molar-refractivity contribution in [2.24, 2.45) is 7.05 Å². The van der Waals surface area contributed by atoms with Crippen molar-refractivity contribution in [2.45, 2.75) is 13.0 Å². The van der Waals surface area contributed by atoms with E-state index < -0.39 is 0 Å². The van der Waals surface area contributed by atoms with Gasteiger partial charge in [0.15, 0.2) is 0 Å². The molecule has 0 bridgehead atoms. The lowest BCUT2D eigenvalue weighted by atomic mass is 10.2. The van der Waals surface area contributed by atoms with E-state index in [1.807, 2.05) is 20.2 Å². The number of para-hydroxylation sites is 1. The summed E-state index contributed by atoms with van der Waals surface area (Å²) in [4.78, 5) is 0. The average Bonchev–Trinajstić information content (AvgIpc) is 2.70. The van der Waals surface area contributed by atoms with E-state index in [1.165, 1.54) is 6.07 Å². The van der Waals surface area contributed by atoms with Crippen LogP contribution in [-0.4, -0.2) is 9.78 Å². The molecule has 1 atom stereocenters. The molecule has 1 unspecified atom stereocenters. The summed E-state index contributed by atoms with van der Waals surface area (Å²) >= 11 is 3.33. The summed E-state index contributed by atoms with van der Waals surface area (Å²) in [5.74, 6) is -0.268. The predicted octanol–water partition coefficient (Wildman–Crippen LogP) is 3.49. The first kappa shape index (κ1) is 12.1. The first-order valence-corrected chi connectivity index (χ1v) is 6.06. The van der Waals surface area contributed by atoms with Gasteiger partial charge in [-0.1, -0.05) is 6.07 Å². The minimum absolute atomic E-state index is 0.00287. The Morgan fingerprint density at radius 2 is 2.24 bits per heavy atom. The lowest BCUT2D eigenvalue weighted by molar-refractivity contribution is 0.626. The van der Waals surface area contributed by atoms with E-state index >= 15 is 0 Å². The molecule has 3 nitrogen and oxygen atoms in total. The van der Waals surface area contributed by atoms with Crippen LogP contribution in [0.15, 0.2) is 35.1 Å². The molecule has 1 N–H and O–H groups in total. The Morgan fingerprint density at radius 3 is 2.82 bits per heavy atom. The minimum Gasteiger partial charge on any atom is -0.375 e. The second-order valence-corrected chi connectivity index (χ2v) is 4.76. The summed E-state index contributed by atoms with van der Waals surface area (Å²) in [6.07, 6.45) is 3.68. The summed E-state index contributed by atoms with van der Waals surface area (Å²) in [7, 11) is 1.86. The number of aromatic nitrogens is 2. The lowest BCUT2D eigenvalue weighted by Crippen LogP contribution is -2.07. The van der Waals surface area contributed by atoms with Crippen LogP contribution in [0.5, 0.6) is 0 Å². The van der Waals surface area contributed by atoms with E-state index in [1.54, 1.807) is 23.0 Å². The van der Waals surface area contributed by atoms with Crippen molar-refractivity contribution in [3.8, 4) is 0 Å². The molecule has 0 amide bonds. The molecule has 2 aromatic rings. The SMILES string of the molecule is CC(Nc1c(F)cccc1Br)c1cnn(C)c1. The molecule has 0 saturated heterocycles. The van der Waals surface area contributed by atoms with Gasteiger partial charge in [0, 0.05) is 23.3 Å². The summed E-state index contributed by atoms with van der Waals surface area (Å²) in [5.41, 5.74) is 1.49. The van der Waals surface area contributed by atoms with Crippen LogP contribution in [0.25, 0.3) is 0 Å². The standard InChI is InChI=1S/C12H13BrFN3/c1-8(9-6-15-17(2)7-9)16-12-10(13)4-3-5-11(12)14/h3-8,16H,1-2H3. The Labute approximate surface area is 108 Å². The van der Waals surface area contributed by atoms with Crippen LogP contribution >= 0.6 is 15.9 Å². The van der Waals surface area contributed by atoms with Crippen molar-refractivity contribution < 1.29 is 4.39 Å². The lowest BCUT2D eigenvalue weighted by Gasteiger charge is -2.15. The number of anilines is 1. The molecule has 0 aliphatic carbocycles. The predicted molar refractivity (Wildman–Crippen MR) is 69.3 cm³/mol. The summed E-state index contributed by atoms with van der Waals surface area (Å²) in [6.45, 7) is 1.97. The number of halogens is 2. The van der Waals surface area contributed by atoms with Crippen LogP contribution in [0.1, 0.15) is 18.5 Å². The highest BCUT2D eigenvalue weighted by Crippen LogP contribution is 2.28. The van der Waals surface area contributed by atoms with Crippen molar-refractivity contribution in [2.75, 3.05) is 5.32 Å². The normalized spacial score (nSPS) is 12.5. The fourth-order valence-electron chi connectivity index (χ4n) is 1.60. The third kappa shape index (κ3) is 2.66. The molecule has 2 rings (SSSR count). The molecule has 0 aliphatic heterocycles. The van der Waals surface area contributed by atoms with E-state index in [9.17, 15) is 4.39 Å².